The molecule has 1 saturated carbocycles. The van der Waals surface area contributed by atoms with E-state index in [1.165, 1.54) is 28.6 Å². The van der Waals surface area contributed by atoms with Crippen molar-refractivity contribution in [3.63, 3.8) is 0 Å². The van der Waals surface area contributed by atoms with Gasteiger partial charge in [-0.25, -0.2) is 9.18 Å². The number of nitrogen functional groups attached to an aromatic ring is 1. The monoisotopic (exact) mass is 257 g/mol. The quantitative estimate of drug-likeness (QED) is 0.756. The van der Waals surface area contributed by atoms with Crippen molar-refractivity contribution in [3.8, 4) is 0 Å². The van der Waals surface area contributed by atoms with Gasteiger partial charge in [-0.15, -0.1) is 11.8 Å². The summed E-state index contributed by atoms with van der Waals surface area (Å²) in [7, 11) is 0. The Morgan fingerprint density at radius 2 is 2.35 bits per heavy atom. The molecule has 1 aliphatic carbocycles. The molecule has 17 heavy (non-hydrogen) atoms. The largest absolute Gasteiger partial charge is 0.392 e. The first kappa shape index (κ1) is 11.0. The van der Waals surface area contributed by atoms with Crippen LogP contribution in [0, 0.1) is 0 Å². The van der Waals surface area contributed by atoms with Crippen LogP contribution in [0.3, 0.4) is 0 Å². The Kier molecular flexibility index (Phi) is 2.24. The Morgan fingerprint density at radius 1 is 1.65 bits per heavy atom. The minimum Gasteiger partial charge on any atom is -0.392 e. The van der Waals surface area contributed by atoms with Crippen LogP contribution in [0.2, 0.25) is 0 Å². The number of halogens is 1. The maximum absolute atomic E-state index is 13.9. The van der Waals surface area contributed by atoms with Crippen molar-refractivity contribution < 1.29 is 9.50 Å². The molecule has 1 aromatic rings. The average molecular weight is 257 g/mol. The molecule has 3 N–H and O–H groups in total. The zero-order valence-corrected chi connectivity index (χ0v) is 9.73. The number of hydrogen-bond donors (Lipinski definition) is 2. The number of rotatable bonds is 1. The fraction of sp³-hybridized carbons (Fsp3) is 0.600. The summed E-state index contributed by atoms with van der Waals surface area (Å²) in [5, 5.41) is 8.90. The van der Waals surface area contributed by atoms with Crippen LogP contribution >= 0.6 is 11.8 Å². The number of hydrogen-bond acceptors (Lipinski definition) is 5. The van der Waals surface area contributed by atoms with Gasteiger partial charge in [0.2, 0.25) is 0 Å². The second-order valence-electron chi connectivity index (χ2n) is 4.56. The zero-order valence-electron chi connectivity index (χ0n) is 8.91. The molecular formula is C10H12FN3O2S. The highest BCUT2D eigenvalue weighted by atomic mass is 32.2. The van der Waals surface area contributed by atoms with Crippen LogP contribution in [-0.4, -0.2) is 31.7 Å². The summed E-state index contributed by atoms with van der Waals surface area (Å²) in [6, 6.07) is 1.48. The van der Waals surface area contributed by atoms with Gasteiger partial charge in [-0.05, 0) is 18.9 Å². The predicted octanol–water partition coefficient (Wildman–Crippen LogP) is 0.302. The molecule has 5 nitrogen and oxygen atoms in total. The molecule has 3 rings (SSSR count). The molecule has 0 bridgehead atoms. The average Bonchev–Trinajstić information content (AvgIpc) is 2.71. The lowest BCUT2D eigenvalue weighted by Gasteiger charge is -2.14. The van der Waals surface area contributed by atoms with Gasteiger partial charge in [-0.3, -0.25) is 4.57 Å². The van der Waals surface area contributed by atoms with Crippen LogP contribution in [0.4, 0.5) is 10.2 Å². The second kappa shape index (κ2) is 3.46. The van der Waals surface area contributed by atoms with Crippen molar-refractivity contribution >= 4 is 17.6 Å². The molecule has 2 unspecified atom stereocenters. The SMILES string of the molecule is Nc1ccn([C@@H]2SC3(CC3O)C[C@@H]2F)c(=O)n1. The molecule has 1 saturated heterocycles. The lowest BCUT2D eigenvalue weighted by atomic mass is 10.2. The van der Waals surface area contributed by atoms with Crippen molar-refractivity contribution in [1.29, 1.82) is 0 Å². The van der Waals surface area contributed by atoms with Crippen LogP contribution in [0.25, 0.3) is 0 Å². The Labute approximate surface area is 101 Å². The van der Waals surface area contributed by atoms with Gasteiger partial charge in [0.05, 0.1) is 6.10 Å². The zero-order chi connectivity index (χ0) is 12.2. The van der Waals surface area contributed by atoms with Gasteiger partial charge in [-0.2, -0.15) is 4.98 Å². The summed E-state index contributed by atoms with van der Waals surface area (Å²) in [5.74, 6) is 0.130. The van der Waals surface area contributed by atoms with Gasteiger partial charge in [0.1, 0.15) is 17.4 Å². The van der Waals surface area contributed by atoms with Crippen LogP contribution in [0.1, 0.15) is 18.2 Å². The molecule has 2 fully saturated rings. The standard InChI is InChI=1S/C10H12FN3O2S/c11-5-3-10(4-6(10)15)17-8(5)14-2-1-7(12)13-9(14)16/h1-2,5-6,8,15H,3-4H2,(H2,12,13,16)/t5-,6?,8+,10?/m0/s1. The molecule has 2 aliphatic rings. The number of aromatic nitrogens is 2. The Hall–Kier alpha value is -1.08. The van der Waals surface area contributed by atoms with Gasteiger partial charge >= 0.3 is 5.69 Å². The molecule has 0 radical (unpaired) electrons. The van der Waals surface area contributed by atoms with E-state index in [-0.39, 0.29) is 10.6 Å². The van der Waals surface area contributed by atoms with E-state index in [9.17, 15) is 14.3 Å². The third-order valence-corrected chi connectivity index (χ3v) is 5.16. The number of anilines is 1. The highest BCUT2D eigenvalue weighted by Crippen LogP contribution is 2.63. The summed E-state index contributed by atoms with van der Waals surface area (Å²) in [4.78, 5) is 15.2. The molecule has 0 amide bonds. The molecule has 0 aromatic carbocycles. The van der Waals surface area contributed by atoms with E-state index in [2.05, 4.69) is 4.98 Å². The number of nitrogens with zero attached hydrogens (tertiary/aromatic N) is 2. The van der Waals surface area contributed by atoms with E-state index >= 15 is 0 Å². The Bertz CT molecular complexity index is 523. The summed E-state index contributed by atoms with van der Waals surface area (Å²) in [5.41, 5.74) is 4.84. The summed E-state index contributed by atoms with van der Waals surface area (Å²) in [6.07, 6.45) is 0.767. The van der Waals surface area contributed by atoms with Gasteiger partial charge in [0, 0.05) is 10.9 Å². The highest BCUT2D eigenvalue weighted by Gasteiger charge is 2.62. The van der Waals surface area contributed by atoms with E-state index < -0.39 is 23.3 Å². The number of alkyl halides is 1. The van der Waals surface area contributed by atoms with Gasteiger partial charge in [0.25, 0.3) is 0 Å². The number of nitrogens with two attached hydrogens (primary N) is 1. The molecule has 4 atom stereocenters. The number of aliphatic hydroxyl groups excluding tert-OH is 1. The molecule has 92 valence electrons. The summed E-state index contributed by atoms with van der Waals surface area (Å²) >= 11 is 1.33. The fourth-order valence-electron chi connectivity index (χ4n) is 2.26. The van der Waals surface area contributed by atoms with Crippen molar-refractivity contribution in [1.82, 2.24) is 9.55 Å². The normalized spacial score (nSPS) is 39.8. The maximum Gasteiger partial charge on any atom is 0.350 e. The number of thioether (sulfide) groups is 1. The first-order valence-electron chi connectivity index (χ1n) is 5.36. The fourth-order valence-corrected chi connectivity index (χ4v) is 3.92. The highest BCUT2D eigenvalue weighted by molar-refractivity contribution is 8.01. The summed E-state index contributed by atoms with van der Waals surface area (Å²) in [6.45, 7) is 0. The topological polar surface area (TPSA) is 81.1 Å². The molecule has 1 aromatic heterocycles. The third kappa shape index (κ3) is 1.64. The second-order valence-corrected chi connectivity index (χ2v) is 6.09. The van der Waals surface area contributed by atoms with Crippen LogP contribution in [-0.2, 0) is 0 Å². The third-order valence-electron chi connectivity index (χ3n) is 3.32. The van der Waals surface area contributed by atoms with Gasteiger partial charge in [0.15, 0.2) is 0 Å². The van der Waals surface area contributed by atoms with Crippen molar-refractivity contribution in [2.45, 2.75) is 35.2 Å². The molecule has 1 aliphatic heterocycles. The maximum atomic E-state index is 13.9. The minimum atomic E-state index is -1.14. The smallest absolute Gasteiger partial charge is 0.350 e. The Balaban J connectivity index is 1.92. The molecular weight excluding hydrogens is 245 g/mol. The van der Waals surface area contributed by atoms with Crippen LogP contribution in [0.15, 0.2) is 17.1 Å². The predicted molar refractivity (Wildman–Crippen MR) is 62.4 cm³/mol. The van der Waals surface area contributed by atoms with Gasteiger partial charge in [-0.1, -0.05) is 0 Å². The van der Waals surface area contributed by atoms with Gasteiger partial charge < -0.3 is 10.8 Å². The van der Waals surface area contributed by atoms with Crippen molar-refractivity contribution in [3.05, 3.63) is 22.7 Å². The van der Waals surface area contributed by atoms with E-state index in [0.29, 0.717) is 12.8 Å². The van der Waals surface area contributed by atoms with E-state index in [4.69, 9.17) is 5.73 Å². The summed E-state index contributed by atoms with van der Waals surface area (Å²) < 4.78 is 14.8. The van der Waals surface area contributed by atoms with Crippen LogP contribution < -0.4 is 11.4 Å². The number of aliphatic hydroxyl groups is 1. The minimum absolute atomic E-state index is 0.130. The van der Waals surface area contributed by atoms with Crippen molar-refractivity contribution in [2.75, 3.05) is 5.73 Å². The van der Waals surface area contributed by atoms with E-state index in [0.717, 1.165) is 0 Å². The lowest BCUT2D eigenvalue weighted by molar-refractivity contribution is 0.241. The molecule has 7 heteroatoms. The molecule has 2 heterocycles. The van der Waals surface area contributed by atoms with E-state index in [1.807, 2.05) is 0 Å². The first-order chi connectivity index (χ1) is 8.02. The lowest BCUT2D eigenvalue weighted by Crippen LogP contribution is -2.28. The van der Waals surface area contributed by atoms with E-state index in [1.54, 1.807) is 0 Å². The van der Waals surface area contributed by atoms with Crippen LogP contribution in [0.5, 0.6) is 0 Å². The Morgan fingerprint density at radius 3 is 2.88 bits per heavy atom. The molecule has 1 spiro atoms. The van der Waals surface area contributed by atoms with Crippen molar-refractivity contribution in [2.24, 2.45) is 0 Å². The first-order valence-corrected chi connectivity index (χ1v) is 6.24.